The van der Waals surface area contributed by atoms with Crippen LogP contribution in [0.4, 0.5) is 0 Å². The van der Waals surface area contributed by atoms with E-state index in [-0.39, 0.29) is 0 Å². The SMILES string of the molecule is O=CC=Cc1ccccc1-c1ccco1. The van der Waals surface area contributed by atoms with E-state index in [1.165, 1.54) is 6.08 Å². The quantitative estimate of drug-likeness (QED) is 0.560. The molecule has 1 heterocycles. The molecule has 0 aliphatic heterocycles. The number of aldehydes is 1. The highest BCUT2D eigenvalue weighted by atomic mass is 16.3. The number of carbonyl (C=O) groups is 1. The van der Waals surface area contributed by atoms with Gasteiger partial charge in [0.05, 0.1) is 6.26 Å². The minimum Gasteiger partial charge on any atom is -0.464 e. The van der Waals surface area contributed by atoms with Crippen molar-refractivity contribution >= 4 is 12.4 Å². The fraction of sp³-hybridized carbons (Fsp3) is 0. The van der Waals surface area contributed by atoms with Crippen LogP contribution in [0, 0.1) is 0 Å². The molecule has 2 rings (SSSR count). The highest BCUT2D eigenvalue weighted by Gasteiger charge is 2.03. The van der Waals surface area contributed by atoms with Crippen molar-refractivity contribution in [3.63, 3.8) is 0 Å². The Labute approximate surface area is 87.8 Å². The second-order valence-electron chi connectivity index (χ2n) is 3.06. The predicted molar refractivity (Wildman–Crippen MR) is 59.2 cm³/mol. The zero-order valence-corrected chi connectivity index (χ0v) is 8.09. The van der Waals surface area contributed by atoms with Gasteiger partial charge in [0.25, 0.3) is 0 Å². The van der Waals surface area contributed by atoms with Crippen LogP contribution in [-0.4, -0.2) is 6.29 Å². The van der Waals surface area contributed by atoms with Crippen LogP contribution in [0.5, 0.6) is 0 Å². The minimum absolute atomic E-state index is 0.763. The first-order chi connectivity index (χ1) is 7.42. The predicted octanol–water partition coefficient (Wildman–Crippen LogP) is 3.16. The third-order valence-corrected chi connectivity index (χ3v) is 2.10. The maximum absolute atomic E-state index is 10.3. The van der Waals surface area contributed by atoms with Gasteiger partial charge in [0.1, 0.15) is 12.0 Å². The van der Waals surface area contributed by atoms with Crippen LogP contribution in [-0.2, 0) is 4.79 Å². The van der Waals surface area contributed by atoms with Crippen LogP contribution in [0.25, 0.3) is 17.4 Å². The number of hydrogen-bond donors (Lipinski definition) is 0. The molecule has 0 unspecified atom stereocenters. The maximum Gasteiger partial charge on any atom is 0.142 e. The van der Waals surface area contributed by atoms with Crippen LogP contribution in [0.3, 0.4) is 0 Å². The Morgan fingerprint density at radius 2 is 1.93 bits per heavy atom. The second kappa shape index (κ2) is 4.42. The molecule has 0 aliphatic carbocycles. The summed E-state index contributed by atoms with van der Waals surface area (Å²) in [7, 11) is 0. The topological polar surface area (TPSA) is 30.2 Å². The van der Waals surface area contributed by atoms with E-state index in [0.29, 0.717) is 0 Å². The van der Waals surface area contributed by atoms with E-state index in [4.69, 9.17) is 4.42 Å². The average molecular weight is 198 g/mol. The molecule has 0 N–H and O–H groups in total. The third kappa shape index (κ3) is 2.05. The number of hydrogen-bond acceptors (Lipinski definition) is 2. The van der Waals surface area contributed by atoms with Gasteiger partial charge in [-0.1, -0.05) is 30.3 Å². The molecule has 2 aromatic rings. The van der Waals surface area contributed by atoms with Gasteiger partial charge in [-0.05, 0) is 23.8 Å². The fourth-order valence-electron chi connectivity index (χ4n) is 1.44. The molecule has 0 spiro atoms. The summed E-state index contributed by atoms with van der Waals surface area (Å²) in [4.78, 5) is 10.3. The van der Waals surface area contributed by atoms with Crippen LogP contribution < -0.4 is 0 Å². The Morgan fingerprint density at radius 1 is 1.07 bits per heavy atom. The third-order valence-electron chi connectivity index (χ3n) is 2.10. The molecule has 0 bridgehead atoms. The summed E-state index contributed by atoms with van der Waals surface area (Å²) in [6.45, 7) is 0. The molecule has 0 saturated carbocycles. The summed E-state index contributed by atoms with van der Waals surface area (Å²) >= 11 is 0. The fourth-order valence-corrected chi connectivity index (χ4v) is 1.44. The lowest BCUT2D eigenvalue weighted by molar-refractivity contribution is -0.104. The Morgan fingerprint density at radius 3 is 2.67 bits per heavy atom. The Hall–Kier alpha value is -2.09. The monoisotopic (exact) mass is 198 g/mol. The zero-order valence-electron chi connectivity index (χ0n) is 8.09. The van der Waals surface area contributed by atoms with E-state index < -0.39 is 0 Å². The van der Waals surface area contributed by atoms with Gasteiger partial charge in [-0.3, -0.25) is 4.79 Å². The van der Waals surface area contributed by atoms with Crippen molar-refractivity contribution in [2.24, 2.45) is 0 Å². The van der Waals surface area contributed by atoms with Crippen molar-refractivity contribution in [2.45, 2.75) is 0 Å². The van der Waals surface area contributed by atoms with E-state index in [9.17, 15) is 4.79 Å². The summed E-state index contributed by atoms with van der Waals surface area (Å²) in [5.41, 5.74) is 1.96. The number of furan rings is 1. The molecule has 1 aromatic carbocycles. The second-order valence-corrected chi connectivity index (χ2v) is 3.06. The van der Waals surface area contributed by atoms with Gasteiger partial charge < -0.3 is 4.42 Å². The lowest BCUT2D eigenvalue weighted by Crippen LogP contribution is -1.80. The van der Waals surface area contributed by atoms with Crippen molar-refractivity contribution in [1.29, 1.82) is 0 Å². The average Bonchev–Trinajstić information content (AvgIpc) is 2.80. The van der Waals surface area contributed by atoms with E-state index >= 15 is 0 Å². The van der Waals surface area contributed by atoms with E-state index in [0.717, 1.165) is 23.2 Å². The Bertz CT molecular complexity index is 467. The molecule has 0 fully saturated rings. The standard InChI is InChI=1S/C13H10O2/c14-9-3-6-11-5-1-2-7-12(11)13-8-4-10-15-13/h1-10H. The maximum atomic E-state index is 10.3. The van der Waals surface area contributed by atoms with E-state index in [2.05, 4.69) is 0 Å². The first-order valence-corrected chi connectivity index (χ1v) is 4.66. The number of carbonyl (C=O) groups excluding carboxylic acids is 1. The highest BCUT2D eigenvalue weighted by Crippen LogP contribution is 2.24. The van der Waals surface area contributed by atoms with Crippen molar-refractivity contribution in [1.82, 2.24) is 0 Å². The molecule has 0 amide bonds. The van der Waals surface area contributed by atoms with Crippen molar-refractivity contribution in [3.05, 3.63) is 54.3 Å². The molecule has 15 heavy (non-hydrogen) atoms. The lowest BCUT2D eigenvalue weighted by Gasteiger charge is -2.01. The van der Waals surface area contributed by atoms with Gasteiger partial charge >= 0.3 is 0 Å². The molecule has 0 saturated heterocycles. The first-order valence-electron chi connectivity index (χ1n) is 4.66. The summed E-state index contributed by atoms with van der Waals surface area (Å²) in [5.74, 6) is 0.807. The summed E-state index contributed by atoms with van der Waals surface area (Å²) < 4.78 is 5.32. The van der Waals surface area contributed by atoms with Crippen LogP contribution in [0.1, 0.15) is 5.56 Å². The molecule has 0 atom stereocenters. The molecule has 2 nitrogen and oxygen atoms in total. The van der Waals surface area contributed by atoms with Gasteiger partial charge in [0.2, 0.25) is 0 Å². The van der Waals surface area contributed by atoms with E-state index in [1.807, 2.05) is 36.4 Å². The number of rotatable bonds is 3. The lowest BCUT2D eigenvalue weighted by atomic mass is 10.1. The minimum atomic E-state index is 0.763. The van der Waals surface area contributed by atoms with Crippen LogP contribution in [0.15, 0.2) is 53.2 Å². The summed E-state index contributed by atoms with van der Waals surface area (Å²) in [6.07, 6.45) is 5.64. The van der Waals surface area contributed by atoms with Crippen LogP contribution >= 0.6 is 0 Å². The van der Waals surface area contributed by atoms with Crippen molar-refractivity contribution in [2.75, 3.05) is 0 Å². The molecule has 1 aromatic heterocycles. The zero-order chi connectivity index (χ0) is 10.5. The van der Waals surface area contributed by atoms with Gasteiger partial charge in [-0.2, -0.15) is 0 Å². The van der Waals surface area contributed by atoms with Crippen LogP contribution in [0.2, 0.25) is 0 Å². The Balaban J connectivity index is 2.47. The van der Waals surface area contributed by atoms with Crippen molar-refractivity contribution < 1.29 is 9.21 Å². The van der Waals surface area contributed by atoms with E-state index in [1.54, 1.807) is 12.3 Å². The number of allylic oxidation sites excluding steroid dienone is 1. The summed E-state index contributed by atoms with van der Waals surface area (Å²) in [6, 6.07) is 11.5. The molecule has 0 aliphatic rings. The molecular weight excluding hydrogens is 188 g/mol. The number of benzene rings is 1. The highest BCUT2D eigenvalue weighted by molar-refractivity contribution is 5.79. The first kappa shape index (κ1) is 9.46. The Kier molecular flexibility index (Phi) is 2.79. The molecule has 0 radical (unpaired) electrons. The molecule has 74 valence electrons. The van der Waals surface area contributed by atoms with Gasteiger partial charge in [0, 0.05) is 5.56 Å². The normalized spacial score (nSPS) is 10.7. The van der Waals surface area contributed by atoms with Crippen molar-refractivity contribution in [3.8, 4) is 11.3 Å². The summed E-state index contributed by atoms with van der Waals surface area (Å²) in [5, 5.41) is 0. The smallest absolute Gasteiger partial charge is 0.142 e. The van der Waals surface area contributed by atoms with Gasteiger partial charge in [-0.25, -0.2) is 0 Å². The van der Waals surface area contributed by atoms with Gasteiger partial charge in [0.15, 0.2) is 0 Å². The largest absolute Gasteiger partial charge is 0.464 e. The van der Waals surface area contributed by atoms with Gasteiger partial charge in [-0.15, -0.1) is 0 Å². The molecular formula is C13H10O2. The molecule has 2 heteroatoms.